The van der Waals surface area contributed by atoms with E-state index in [0.717, 1.165) is 31.4 Å². The first-order chi connectivity index (χ1) is 7.66. The lowest BCUT2D eigenvalue weighted by Crippen LogP contribution is -2.14. The smallest absolute Gasteiger partial charge is 0.181 e. The van der Waals surface area contributed by atoms with Gasteiger partial charge in [-0.25, -0.2) is 8.42 Å². The van der Waals surface area contributed by atoms with Crippen LogP contribution in [0.5, 0.6) is 0 Å². The highest BCUT2D eigenvalue weighted by Gasteiger charge is 2.37. The average molecular weight is 239 g/mol. The summed E-state index contributed by atoms with van der Waals surface area (Å²) in [5, 5.41) is 2.92. The first-order valence-electron chi connectivity index (χ1n) is 5.62. The highest BCUT2D eigenvalue weighted by Crippen LogP contribution is 2.34. The van der Waals surface area contributed by atoms with Gasteiger partial charge >= 0.3 is 0 Å². The molecule has 16 heavy (non-hydrogen) atoms. The number of nitrogens with one attached hydrogen (secondary N) is 1. The van der Waals surface area contributed by atoms with Gasteiger partial charge in [0.2, 0.25) is 0 Å². The van der Waals surface area contributed by atoms with Gasteiger partial charge in [0.1, 0.15) is 0 Å². The lowest BCUT2D eigenvalue weighted by molar-refractivity contribution is 0.593. The maximum Gasteiger partial charge on any atom is 0.181 e. The molecular weight excluding hydrogens is 222 g/mol. The van der Waals surface area contributed by atoms with Crippen LogP contribution in [0, 0.1) is 0 Å². The molecule has 1 saturated carbocycles. The lowest BCUT2D eigenvalue weighted by Gasteiger charge is -2.09. The van der Waals surface area contributed by atoms with E-state index in [-0.39, 0.29) is 5.25 Å². The first kappa shape index (κ1) is 11.6. The summed E-state index contributed by atoms with van der Waals surface area (Å²) in [6.07, 6.45) is 2.41. The molecule has 1 aliphatic carbocycles. The number of hydrogen-bond acceptors (Lipinski definition) is 3. The first-order valence-corrected chi connectivity index (χ1v) is 7.17. The molecule has 0 unspecified atom stereocenters. The van der Waals surface area contributed by atoms with Crippen molar-refractivity contribution in [3.8, 4) is 0 Å². The Bertz CT molecular complexity index is 464. The molecule has 0 saturated heterocycles. The van der Waals surface area contributed by atoms with Crippen LogP contribution in [0.25, 0.3) is 0 Å². The molecule has 2 rings (SSSR count). The maximum atomic E-state index is 12.2. The predicted octanol–water partition coefficient (Wildman–Crippen LogP) is 1.38. The summed E-state index contributed by atoms with van der Waals surface area (Å²) in [5.41, 5.74) is 0.934. The largest absolute Gasteiger partial charge is 0.319 e. The highest BCUT2D eigenvalue weighted by molar-refractivity contribution is 7.92. The molecule has 1 aromatic carbocycles. The maximum absolute atomic E-state index is 12.2. The third kappa shape index (κ3) is 2.28. The zero-order valence-corrected chi connectivity index (χ0v) is 10.3. The number of rotatable bonds is 5. The second kappa shape index (κ2) is 4.55. The van der Waals surface area contributed by atoms with E-state index >= 15 is 0 Å². The van der Waals surface area contributed by atoms with Crippen molar-refractivity contribution >= 4 is 9.84 Å². The normalized spacial score (nSPS) is 16.3. The van der Waals surface area contributed by atoms with Crippen LogP contribution in [-0.2, 0) is 16.3 Å². The summed E-state index contributed by atoms with van der Waals surface area (Å²) in [4.78, 5) is 0.535. The van der Waals surface area contributed by atoms with Crippen molar-refractivity contribution in [2.45, 2.75) is 29.4 Å². The van der Waals surface area contributed by atoms with Gasteiger partial charge in [-0.1, -0.05) is 18.2 Å². The van der Waals surface area contributed by atoms with Crippen LogP contribution in [0.2, 0.25) is 0 Å². The van der Waals surface area contributed by atoms with Gasteiger partial charge in [-0.2, -0.15) is 0 Å². The second-order valence-electron chi connectivity index (χ2n) is 4.21. The van der Waals surface area contributed by atoms with Crippen molar-refractivity contribution in [3.05, 3.63) is 29.8 Å². The van der Waals surface area contributed by atoms with Crippen molar-refractivity contribution in [2.75, 3.05) is 13.6 Å². The van der Waals surface area contributed by atoms with Crippen LogP contribution in [0.4, 0.5) is 0 Å². The molecule has 0 aromatic heterocycles. The fourth-order valence-electron chi connectivity index (χ4n) is 1.81. The molecule has 0 bridgehead atoms. The van der Waals surface area contributed by atoms with E-state index in [1.54, 1.807) is 12.1 Å². The van der Waals surface area contributed by atoms with Crippen LogP contribution in [-0.4, -0.2) is 27.3 Å². The lowest BCUT2D eigenvalue weighted by atomic mass is 10.1. The van der Waals surface area contributed by atoms with Gasteiger partial charge in [-0.05, 0) is 44.5 Å². The van der Waals surface area contributed by atoms with Crippen molar-refractivity contribution < 1.29 is 8.42 Å². The molecular formula is C12H17NO2S. The fraction of sp³-hybridized carbons (Fsp3) is 0.500. The molecule has 0 atom stereocenters. The molecule has 1 aliphatic rings. The topological polar surface area (TPSA) is 46.2 Å². The monoisotopic (exact) mass is 239 g/mol. The van der Waals surface area contributed by atoms with Crippen molar-refractivity contribution in [1.29, 1.82) is 0 Å². The van der Waals surface area contributed by atoms with E-state index in [0.29, 0.717) is 4.90 Å². The molecule has 0 heterocycles. The van der Waals surface area contributed by atoms with Gasteiger partial charge in [0.15, 0.2) is 9.84 Å². The van der Waals surface area contributed by atoms with E-state index in [9.17, 15) is 8.42 Å². The minimum Gasteiger partial charge on any atom is -0.319 e. The van der Waals surface area contributed by atoms with Gasteiger partial charge in [-0.3, -0.25) is 0 Å². The third-order valence-corrected chi connectivity index (χ3v) is 5.25. The Morgan fingerprint density at radius 1 is 1.31 bits per heavy atom. The number of likely N-dealkylation sites (N-methyl/N-ethyl adjacent to an activating group) is 1. The molecule has 0 spiro atoms. The van der Waals surface area contributed by atoms with Crippen LogP contribution >= 0.6 is 0 Å². The quantitative estimate of drug-likeness (QED) is 0.844. The van der Waals surface area contributed by atoms with E-state index in [1.165, 1.54) is 0 Å². The molecule has 0 aliphatic heterocycles. The Hall–Kier alpha value is -0.870. The fourth-order valence-corrected chi connectivity index (χ4v) is 3.73. The van der Waals surface area contributed by atoms with Crippen molar-refractivity contribution in [2.24, 2.45) is 0 Å². The molecule has 0 amide bonds. The highest BCUT2D eigenvalue weighted by atomic mass is 32.2. The van der Waals surface area contributed by atoms with Crippen molar-refractivity contribution in [1.82, 2.24) is 5.32 Å². The Balaban J connectivity index is 2.32. The Morgan fingerprint density at radius 2 is 2.00 bits per heavy atom. The van der Waals surface area contributed by atoms with Crippen LogP contribution in [0.3, 0.4) is 0 Å². The van der Waals surface area contributed by atoms with Gasteiger partial charge in [0.05, 0.1) is 10.1 Å². The molecule has 3 nitrogen and oxygen atoms in total. The molecule has 1 aromatic rings. The standard InChI is InChI=1S/C12H17NO2S/c1-13-9-8-10-4-2-3-5-12(10)16(14,15)11-6-7-11/h2-5,11,13H,6-9H2,1H3. The zero-order valence-electron chi connectivity index (χ0n) is 9.44. The van der Waals surface area contributed by atoms with Gasteiger partial charge in [0.25, 0.3) is 0 Å². The Morgan fingerprint density at radius 3 is 2.62 bits per heavy atom. The zero-order chi connectivity index (χ0) is 11.6. The summed E-state index contributed by atoms with van der Waals surface area (Å²) >= 11 is 0. The predicted molar refractivity (Wildman–Crippen MR) is 64.3 cm³/mol. The van der Waals surface area contributed by atoms with E-state index in [4.69, 9.17) is 0 Å². The number of hydrogen-bond donors (Lipinski definition) is 1. The van der Waals surface area contributed by atoms with Gasteiger partial charge in [-0.15, -0.1) is 0 Å². The Labute approximate surface area is 96.8 Å². The van der Waals surface area contributed by atoms with Crippen LogP contribution in [0.15, 0.2) is 29.2 Å². The SMILES string of the molecule is CNCCc1ccccc1S(=O)(=O)C1CC1. The van der Waals surface area contributed by atoms with Crippen LogP contribution < -0.4 is 5.32 Å². The van der Waals surface area contributed by atoms with E-state index < -0.39 is 9.84 Å². The number of benzene rings is 1. The summed E-state index contributed by atoms with van der Waals surface area (Å²) in [6.45, 7) is 0.803. The average Bonchev–Trinajstić information content (AvgIpc) is 3.10. The summed E-state index contributed by atoms with van der Waals surface area (Å²) in [6, 6.07) is 7.35. The summed E-state index contributed by atoms with van der Waals surface area (Å²) in [7, 11) is -1.18. The van der Waals surface area contributed by atoms with Gasteiger partial charge < -0.3 is 5.32 Å². The second-order valence-corrected chi connectivity index (χ2v) is 6.40. The minimum absolute atomic E-state index is 0.122. The molecule has 1 fully saturated rings. The van der Waals surface area contributed by atoms with E-state index in [1.807, 2.05) is 19.2 Å². The molecule has 1 N–H and O–H groups in total. The van der Waals surface area contributed by atoms with Gasteiger partial charge in [0, 0.05) is 0 Å². The Kier molecular flexibility index (Phi) is 3.30. The summed E-state index contributed by atoms with van der Waals surface area (Å²) < 4.78 is 24.3. The van der Waals surface area contributed by atoms with Crippen LogP contribution in [0.1, 0.15) is 18.4 Å². The molecule has 4 heteroatoms. The van der Waals surface area contributed by atoms with E-state index in [2.05, 4.69) is 5.32 Å². The molecule has 0 radical (unpaired) electrons. The minimum atomic E-state index is -3.05. The third-order valence-electron chi connectivity index (χ3n) is 2.89. The van der Waals surface area contributed by atoms with Crippen molar-refractivity contribution in [3.63, 3.8) is 0 Å². The number of sulfone groups is 1. The summed E-state index contributed by atoms with van der Waals surface area (Å²) in [5.74, 6) is 0. The molecule has 88 valence electrons.